The van der Waals surface area contributed by atoms with Gasteiger partial charge in [0, 0.05) is 62.0 Å². The van der Waals surface area contributed by atoms with Gasteiger partial charge in [-0.2, -0.15) is 0 Å². The SMILES string of the molecule is CC(C)CNC(=O)C1CN(Cc2ccccc2)CC12CN(C(=O)c1ccc3cc[nH]c3c1)C2. The number of benzene rings is 2. The summed E-state index contributed by atoms with van der Waals surface area (Å²) in [7, 11) is 0. The first-order chi connectivity index (χ1) is 15.9. The number of nitrogens with zero attached hydrogens (tertiary/aromatic N) is 2. The fourth-order valence-electron chi connectivity index (χ4n) is 5.36. The largest absolute Gasteiger partial charge is 0.361 e. The third-order valence-electron chi connectivity index (χ3n) is 7.07. The second kappa shape index (κ2) is 8.67. The first-order valence-corrected chi connectivity index (χ1v) is 11.8. The van der Waals surface area contributed by atoms with Crippen LogP contribution in [0.15, 0.2) is 60.8 Å². The Morgan fingerprint density at radius 2 is 1.88 bits per heavy atom. The van der Waals surface area contributed by atoms with Crippen LogP contribution in [0.1, 0.15) is 29.8 Å². The summed E-state index contributed by atoms with van der Waals surface area (Å²) in [6.45, 7) is 8.54. The van der Waals surface area contributed by atoms with Gasteiger partial charge >= 0.3 is 0 Å². The molecule has 2 N–H and O–H groups in total. The number of aromatic amines is 1. The summed E-state index contributed by atoms with van der Waals surface area (Å²) in [4.78, 5) is 33.8. The molecule has 2 aliphatic rings. The molecule has 0 bridgehead atoms. The number of carbonyl (C=O) groups is 2. The molecule has 6 heteroatoms. The number of H-pyrrole nitrogens is 1. The number of nitrogens with one attached hydrogen (secondary N) is 2. The molecule has 2 saturated heterocycles. The van der Waals surface area contributed by atoms with Gasteiger partial charge in [-0.1, -0.05) is 50.2 Å². The van der Waals surface area contributed by atoms with Crippen LogP contribution < -0.4 is 5.32 Å². The molecule has 1 spiro atoms. The fourth-order valence-corrected chi connectivity index (χ4v) is 5.36. The number of aromatic nitrogens is 1. The van der Waals surface area contributed by atoms with E-state index in [0.717, 1.165) is 30.5 Å². The molecule has 5 rings (SSSR count). The quantitative estimate of drug-likeness (QED) is 0.611. The van der Waals surface area contributed by atoms with Crippen LogP contribution in [0.5, 0.6) is 0 Å². The van der Waals surface area contributed by atoms with Gasteiger partial charge in [0.15, 0.2) is 0 Å². The maximum atomic E-state index is 13.2. The Morgan fingerprint density at radius 3 is 2.64 bits per heavy atom. The Balaban J connectivity index is 1.31. The van der Waals surface area contributed by atoms with Crippen LogP contribution in [-0.4, -0.2) is 59.3 Å². The van der Waals surface area contributed by atoms with Crippen LogP contribution in [0.2, 0.25) is 0 Å². The molecule has 2 aromatic carbocycles. The molecule has 6 nitrogen and oxygen atoms in total. The average Bonchev–Trinajstić information content (AvgIpc) is 3.41. The van der Waals surface area contributed by atoms with Crippen LogP contribution in [0.25, 0.3) is 10.9 Å². The second-order valence-corrected chi connectivity index (χ2v) is 10.2. The molecule has 3 aromatic rings. The van der Waals surface area contributed by atoms with Gasteiger partial charge in [-0.15, -0.1) is 0 Å². The zero-order chi connectivity index (χ0) is 23.0. The van der Waals surface area contributed by atoms with Gasteiger partial charge in [0.05, 0.1) is 5.92 Å². The summed E-state index contributed by atoms with van der Waals surface area (Å²) < 4.78 is 0. The van der Waals surface area contributed by atoms with Gasteiger partial charge < -0.3 is 15.2 Å². The van der Waals surface area contributed by atoms with Crippen LogP contribution in [0.3, 0.4) is 0 Å². The number of hydrogen-bond donors (Lipinski definition) is 2. The minimum absolute atomic E-state index is 0.0416. The van der Waals surface area contributed by atoms with E-state index in [0.29, 0.717) is 31.1 Å². The Labute approximate surface area is 195 Å². The van der Waals surface area contributed by atoms with Crippen molar-refractivity contribution in [1.29, 1.82) is 0 Å². The van der Waals surface area contributed by atoms with Crippen molar-refractivity contribution >= 4 is 22.7 Å². The van der Waals surface area contributed by atoms with E-state index in [2.05, 4.69) is 53.3 Å². The lowest BCUT2D eigenvalue weighted by Crippen LogP contribution is -2.64. The highest BCUT2D eigenvalue weighted by atomic mass is 16.2. The van der Waals surface area contributed by atoms with Gasteiger partial charge in [-0.25, -0.2) is 0 Å². The van der Waals surface area contributed by atoms with Crippen molar-refractivity contribution in [3.05, 3.63) is 71.9 Å². The molecule has 0 aliphatic carbocycles. The lowest BCUT2D eigenvalue weighted by Gasteiger charge is -2.50. The summed E-state index contributed by atoms with van der Waals surface area (Å²) in [6.07, 6.45) is 1.89. The summed E-state index contributed by atoms with van der Waals surface area (Å²) in [6, 6.07) is 18.2. The van der Waals surface area contributed by atoms with E-state index < -0.39 is 0 Å². The van der Waals surface area contributed by atoms with Crippen molar-refractivity contribution < 1.29 is 9.59 Å². The summed E-state index contributed by atoms with van der Waals surface area (Å²) in [5.41, 5.74) is 2.74. The normalized spacial score (nSPS) is 19.8. The monoisotopic (exact) mass is 444 g/mol. The number of likely N-dealkylation sites (tertiary alicyclic amines) is 2. The van der Waals surface area contributed by atoms with Crippen molar-refractivity contribution in [2.24, 2.45) is 17.3 Å². The number of carbonyl (C=O) groups excluding carboxylic acids is 2. The van der Waals surface area contributed by atoms with E-state index >= 15 is 0 Å². The highest BCUT2D eigenvalue weighted by Crippen LogP contribution is 2.45. The van der Waals surface area contributed by atoms with E-state index in [9.17, 15) is 9.59 Å². The summed E-state index contributed by atoms with van der Waals surface area (Å²) in [5, 5.41) is 4.25. The zero-order valence-electron chi connectivity index (χ0n) is 19.4. The van der Waals surface area contributed by atoms with Gasteiger partial charge in [-0.3, -0.25) is 14.5 Å². The van der Waals surface area contributed by atoms with Crippen molar-refractivity contribution in [1.82, 2.24) is 20.1 Å². The molecule has 2 amide bonds. The van der Waals surface area contributed by atoms with Crippen LogP contribution in [-0.2, 0) is 11.3 Å². The van der Waals surface area contributed by atoms with Gasteiger partial charge in [0.1, 0.15) is 0 Å². The van der Waals surface area contributed by atoms with Crippen molar-refractivity contribution in [3.8, 4) is 0 Å². The van der Waals surface area contributed by atoms with Gasteiger partial charge in [-0.05, 0) is 35.1 Å². The van der Waals surface area contributed by atoms with Crippen LogP contribution in [0, 0.1) is 17.3 Å². The van der Waals surface area contributed by atoms with E-state index in [1.807, 2.05) is 41.4 Å². The predicted octanol–water partition coefficient (Wildman–Crippen LogP) is 3.51. The minimum atomic E-state index is -0.179. The molecular weight excluding hydrogens is 412 g/mol. The third-order valence-corrected chi connectivity index (χ3v) is 7.07. The lowest BCUT2D eigenvalue weighted by atomic mass is 9.71. The van der Waals surface area contributed by atoms with E-state index in [1.165, 1.54) is 5.56 Å². The second-order valence-electron chi connectivity index (χ2n) is 10.2. The maximum absolute atomic E-state index is 13.2. The molecule has 0 radical (unpaired) electrons. The number of fused-ring (bicyclic) bond motifs is 1. The molecule has 3 heterocycles. The molecule has 1 unspecified atom stereocenters. The first kappa shape index (κ1) is 21.7. The van der Waals surface area contributed by atoms with Gasteiger partial charge in [0.25, 0.3) is 5.91 Å². The minimum Gasteiger partial charge on any atom is -0.361 e. The standard InChI is InChI=1S/C27H32N4O2/c1-19(2)13-29-25(32)23-15-30(14-20-6-4-3-5-7-20)16-27(23)17-31(18-27)26(33)22-9-8-21-10-11-28-24(21)12-22/h3-12,19,23,28H,13-18H2,1-2H3,(H,29,32). The lowest BCUT2D eigenvalue weighted by molar-refractivity contribution is -0.131. The number of rotatable bonds is 6. The Hall–Kier alpha value is -3.12. The average molecular weight is 445 g/mol. The van der Waals surface area contributed by atoms with E-state index in [1.54, 1.807) is 0 Å². The molecule has 33 heavy (non-hydrogen) atoms. The van der Waals surface area contributed by atoms with E-state index in [-0.39, 0.29) is 23.1 Å². The predicted molar refractivity (Wildman–Crippen MR) is 130 cm³/mol. The third kappa shape index (κ3) is 4.27. The molecule has 0 saturated carbocycles. The van der Waals surface area contributed by atoms with E-state index in [4.69, 9.17) is 0 Å². The molecule has 2 aliphatic heterocycles. The topological polar surface area (TPSA) is 68.4 Å². The molecule has 1 atom stereocenters. The Kier molecular flexibility index (Phi) is 5.71. The number of hydrogen-bond acceptors (Lipinski definition) is 3. The molecule has 172 valence electrons. The summed E-state index contributed by atoms with van der Waals surface area (Å²) in [5.74, 6) is 0.475. The fraction of sp³-hybridized carbons (Fsp3) is 0.407. The first-order valence-electron chi connectivity index (χ1n) is 11.8. The summed E-state index contributed by atoms with van der Waals surface area (Å²) >= 11 is 0. The van der Waals surface area contributed by atoms with Crippen LogP contribution in [0.4, 0.5) is 0 Å². The zero-order valence-corrected chi connectivity index (χ0v) is 19.4. The molecular formula is C27H32N4O2. The Morgan fingerprint density at radius 1 is 1.09 bits per heavy atom. The number of amides is 2. The maximum Gasteiger partial charge on any atom is 0.253 e. The molecule has 2 fully saturated rings. The van der Waals surface area contributed by atoms with Crippen molar-refractivity contribution in [2.75, 3.05) is 32.7 Å². The van der Waals surface area contributed by atoms with Crippen molar-refractivity contribution in [2.45, 2.75) is 20.4 Å². The smallest absolute Gasteiger partial charge is 0.253 e. The highest BCUT2D eigenvalue weighted by molar-refractivity contribution is 5.98. The molecule has 1 aromatic heterocycles. The van der Waals surface area contributed by atoms with Crippen LogP contribution >= 0.6 is 0 Å². The highest BCUT2D eigenvalue weighted by Gasteiger charge is 2.57. The van der Waals surface area contributed by atoms with Gasteiger partial charge in [0.2, 0.25) is 5.91 Å². The Bertz CT molecular complexity index is 1150. The van der Waals surface area contributed by atoms with Crippen molar-refractivity contribution in [3.63, 3.8) is 0 Å².